The van der Waals surface area contributed by atoms with Crippen molar-refractivity contribution in [3.63, 3.8) is 0 Å². The van der Waals surface area contributed by atoms with E-state index < -0.39 is 23.6 Å². The maximum Gasteiger partial charge on any atom is 0.375 e. The van der Waals surface area contributed by atoms with Gasteiger partial charge in [-0.15, -0.1) is 0 Å². The molecule has 1 aliphatic heterocycles. The molecule has 6 nitrogen and oxygen atoms in total. The van der Waals surface area contributed by atoms with Gasteiger partial charge in [0.1, 0.15) is 11.9 Å². The molecule has 4 saturated carbocycles. The highest BCUT2D eigenvalue weighted by Crippen LogP contribution is 2.62. The van der Waals surface area contributed by atoms with E-state index in [1.807, 2.05) is 0 Å². The number of rotatable bonds is 3. The molecule has 5 rings (SSSR count). The van der Waals surface area contributed by atoms with E-state index in [2.05, 4.69) is 20.8 Å². The van der Waals surface area contributed by atoms with E-state index in [0.717, 1.165) is 6.42 Å². The van der Waals surface area contributed by atoms with Crippen LogP contribution >= 0.6 is 0 Å². The van der Waals surface area contributed by atoms with Gasteiger partial charge in [-0.2, -0.15) is 0 Å². The molecule has 4 aliphatic carbocycles. The average molecular weight is 376 g/mol. The number of hydrogen-bond acceptors (Lipinski definition) is 6. The molecule has 6 heteroatoms. The van der Waals surface area contributed by atoms with Crippen LogP contribution in [0.25, 0.3) is 0 Å². The van der Waals surface area contributed by atoms with Crippen LogP contribution in [0.5, 0.6) is 0 Å². The van der Waals surface area contributed by atoms with Crippen LogP contribution in [0.2, 0.25) is 0 Å². The van der Waals surface area contributed by atoms with Gasteiger partial charge in [-0.05, 0) is 36.0 Å². The minimum absolute atomic E-state index is 0.0550. The van der Waals surface area contributed by atoms with Crippen molar-refractivity contribution in [2.45, 2.75) is 77.6 Å². The third-order valence-electron chi connectivity index (χ3n) is 7.49. The minimum Gasteiger partial charge on any atom is -0.446 e. The molecule has 0 radical (unpaired) electrons. The second-order valence-electron chi connectivity index (χ2n) is 9.31. The van der Waals surface area contributed by atoms with Crippen molar-refractivity contribution in [2.75, 3.05) is 0 Å². The van der Waals surface area contributed by atoms with Crippen molar-refractivity contribution in [2.24, 2.45) is 23.2 Å². The molecule has 0 amide bonds. The van der Waals surface area contributed by atoms with Gasteiger partial charge in [0.15, 0.2) is 5.60 Å². The monoisotopic (exact) mass is 376 g/mol. The summed E-state index contributed by atoms with van der Waals surface area (Å²) in [5, 5.41) is 0. The first-order chi connectivity index (χ1) is 12.6. The van der Waals surface area contributed by atoms with Crippen molar-refractivity contribution in [3.05, 3.63) is 11.8 Å². The van der Waals surface area contributed by atoms with Crippen LogP contribution in [-0.4, -0.2) is 35.5 Å². The Morgan fingerprint density at radius 3 is 2.63 bits per heavy atom. The molecule has 0 aromatic rings. The second kappa shape index (κ2) is 6.16. The fraction of sp³-hybridized carbons (Fsp3) is 0.762. The van der Waals surface area contributed by atoms with Gasteiger partial charge in [-0.25, -0.2) is 4.79 Å². The Labute approximate surface area is 159 Å². The van der Waals surface area contributed by atoms with E-state index in [9.17, 15) is 14.4 Å². The lowest BCUT2D eigenvalue weighted by molar-refractivity contribution is -0.217. The molecule has 148 valence electrons. The fourth-order valence-corrected chi connectivity index (χ4v) is 5.67. The quantitative estimate of drug-likeness (QED) is 0.705. The van der Waals surface area contributed by atoms with Gasteiger partial charge in [-0.1, -0.05) is 20.8 Å². The zero-order valence-corrected chi connectivity index (χ0v) is 16.4. The molecule has 2 bridgehead atoms. The highest BCUT2D eigenvalue weighted by molar-refractivity contribution is 5.92. The average Bonchev–Trinajstić information content (AvgIpc) is 2.88. The number of carbonyl (C=O) groups excluding carboxylic acids is 3. The first-order valence-electron chi connectivity index (χ1n) is 9.94. The van der Waals surface area contributed by atoms with Gasteiger partial charge in [0.05, 0.1) is 6.10 Å². The van der Waals surface area contributed by atoms with E-state index >= 15 is 0 Å². The molecule has 1 heterocycles. The summed E-state index contributed by atoms with van der Waals surface area (Å²) in [5.74, 6) is 0.452. The third kappa shape index (κ3) is 2.93. The van der Waals surface area contributed by atoms with Gasteiger partial charge < -0.3 is 14.2 Å². The van der Waals surface area contributed by atoms with Gasteiger partial charge in [0.2, 0.25) is 5.76 Å². The second-order valence-corrected chi connectivity index (χ2v) is 9.31. The molecule has 1 spiro atoms. The summed E-state index contributed by atoms with van der Waals surface area (Å²) in [7, 11) is 0. The van der Waals surface area contributed by atoms with E-state index in [1.165, 1.54) is 13.3 Å². The number of ether oxygens (including phenoxy) is 3. The van der Waals surface area contributed by atoms with Gasteiger partial charge in [0.25, 0.3) is 0 Å². The van der Waals surface area contributed by atoms with Crippen LogP contribution < -0.4 is 0 Å². The van der Waals surface area contributed by atoms with E-state index in [4.69, 9.17) is 14.2 Å². The highest BCUT2D eigenvalue weighted by Gasteiger charge is 2.59. The number of Topliss-reactive ketones (excluding diaryl/α,β-unsaturated/α-hetero) is 1. The Kier molecular flexibility index (Phi) is 4.26. The molecule has 0 N–H and O–H groups in total. The number of esters is 2. The Morgan fingerprint density at radius 1 is 1.26 bits per heavy atom. The molecule has 5 aliphatic rings. The molecular formula is C21H28O6. The number of hydrogen-bond donors (Lipinski definition) is 0. The molecule has 0 aromatic heterocycles. The zero-order valence-electron chi connectivity index (χ0n) is 16.4. The standard InChI is InChI=1S/C21H28O6/c1-11-15-7-13(20(15,3)4)8-16(11)26-18-9-14(23)5-6-21(18)10-17(19(24)27-21)25-12(2)22/h10-11,13,15-16,18H,5-9H2,1-4H3/t11-,13+,15-,16-,18-,21-/m0/s1. The predicted molar refractivity (Wildman–Crippen MR) is 95.4 cm³/mol. The fourth-order valence-electron chi connectivity index (χ4n) is 5.67. The lowest BCUT2D eigenvalue weighted by atomic mass is 9.45. The molecular weight excluding hydrogens is 348 g/mol. The summed E-state index contributed by atoms with van der Waals surface area (Å²) in [6.07, 6.45) is 4.23. The Hall–Kier alpha value is -1.69. The minimum atomic E-state index is -1.01. The lowest BCUT2D eigenvalue weighted by Gasteiger charge is -2.62. The van der Waals surface area contributed by atoms with Crippen LogP contribution in [0.1, 0.15) is 59.8 Å². The van der Waals surface area contributed by atoms with Crippen LogP contribution in [0.3, 0.4) is 0 Å². The van der Waals surface area contributed by atoms with Crippen LogP contribution in [-0.2, 0) is 28.6 Å². The maximum absolute atomic E-state index is 12.2. The predicted octanol–water partition coefficient (Wildman–Crippen LogP) is 2.94. The summed E-state index contributed by atoms with van der Waals surface area (Å²) in [4.78, 5) is 35.6. The molecule has 27 heavy (non-hydrogen) atoms. The van der Waals surface area contributed by atoms with Crippen molar-refractivity contribution < 1.29 is 28.6 Å². The van der Waals surface area contributed by atoms with Crippen LogP contribution in [0.15, 0.2) is 11.8 Å². The SMILES string of the molecule is CC(=O)OC1=C[C@]2(CCC(=O)C[C@@H]2O[C@H]2C[C@H]3C[C@@H]([C@@H]2C)C3(C)C)OC1=O. The van der Waals surface area contributed by atoms with Crippen molar-refractivity contribution in [1.82, 2.24) is 0 Å². The summed E-state index contributed by atoms with van der Waals surface area (Å²) >= 11 is 0. The topological polar surface area (TPSA) is 78.9 Å². The summed E-state index contributed by atoms with van der Waals surface area (Å²) < 4.78 is 17.1. The first-order valence-corrected chi connectivity index (χ1v) is 9.94. The van der Waals surface area contributed by atoms with Crippen molar-refractivity contribution >= 4 is 17.7 Å². The number of carbonyl (C=O) groups is 3. The number of fused-ring (bicyclic) bond motifs is 2. The lowest BCUT2D eigenvalue weighted by Crippen LogP contribution is -2.59. The first kappa shape index (κ1) is 18.7. The zero-order chi connectivity index (χ0) is 19.6. The Morgan fingerprint density at radius 2 is 2.00 bits per heavy atom. The van der Waals surface area contributed by atoms with Crippen molar-refractivity contribution in [3.8, 4) is 0 Å². The summed E-state index contributed by atoms with van der Waals surface area (Å²) in [6, 6.07) is 0. The van der Waals surface area contributed by atoms with Gasteiger partial charge in [0, 0.05) is 32.3 Å². The van der Waals surface area contributed by atoms with E-state index in [-0.39, 0.29) is 24.1 Å². The van der Waals surface area contributed by atoms with Crippen molar-refractivity contribution in [1.29, 1.82) is 0 Å². The molecule has 6 atom stereocenters. The van der Waals surface area contributed by atoms with Crippen LogP contribution in [0.4, 0.5) is 0 Å². The van der Waals surface area contributed by atoms with Gasteiger partial charge in [-0.3, -0.25) is 9.59 Å². The Balaban J connectivity index is 1.55. The highest BCUT2D eigenvalue weighted by atomic mass is 16.6. The van der Waals surface area contributed by atoms with Crippen LogP contribution in [0, 0.1) is 23.2 Å². The summed E-state index contributed by atoms with van der Waals surface area (Å²) in [6.45, 7) is 8.13. The molecule has 0 saturated heterocycles. The summed E-state index contributed by atoms with van der Waals surface area (Å²) in [5.41, 5.74) is -0.659. The normalized spacial score (nSPS) is 42.4. The largest absolute Gasteiger partial charge is 0.446 e. The van der Waals surface area contributed by atoms with Gasteiger partial charge >= 0.3 is 11.9 Å². The molecule has 0 unspecified atom stereocenters. The number of ketones is 1. The van der Waals surface area contributed by atoms with E-state index in [1.54, 1.807) is 6.08 Å². The molecule has 4 fully saturated rings. The maximum atomic E-state index is 12.2. The Bertz CT molecular complexity index is 722. The third-order valence-corrected chi connectivity index (χ3v) is 7.49. The van der Waals surface area contributed by atoms with E-state index in [0.29, 0.717) is 36.0 Å². The molecule has 0 aromatic carbocycles. The smallest absolute Gasteiger partial charge is 0.375 e.